The number of nitrogens with zero attached hydrogens (tertiary/aromatic N) is 2. The number of rotatable bonds is 3. The minimum absolute atomic E-state index is 0.0378. The van der Waals surface area contributed by atoms with Crippen LogP contribution in [-0.2, 0) is 0 Å². The number of aromatic hydroxyl groups is 1. The Balaban J connectivity index is 1.78. The van der Waals surface area contributed by atoms with Crippen molar-refractivity contribution < 1.29 is 9.90 Å². The van der Waals surface area contributed by atoms with Crippen molar-refractivity contribution in [3.8, 4) is 5.75 Å². The van der Waals surface area contributed by atoms with Gasteiger partial charge < -0.3 is 5.11 Å². The Morgan fingerprint density at radius 3 is 2.73 bits per heavy atom. The van der Waals surface area contributed by atoms with Crippen LogP contribution in [0.2, 0.25) is 0 Å². The lowest BCUT2D eigenvalue weighted by Gasteiger charge is -2.03. The summed E-state index contributed by atoms with van der Waals surface area (Å²) in [6.45, 7) is 0. The zero-order valence-electron chi connectivity index (χ0n) is 11.6. The first-order valence-electron chi connectivity index (χ1n) is 6.71. The third-order valence-corrected chi connectivity index (χ3v) is 3.18. The van der Waals surface area contributed by atoms with E-state index in [-0.39, 0.29) is 11.7 Å². The van der Waals surface area contributed by atoms with Crippen molar-refractivity contribution >= 4 is 23.0 Å². The normalized spacial score (nSPS) is 10.9. The number of phenolic OH excluding ortho intramolecular Hbond substituents is 1. The van der Waals surface area contributed by atoms with Gasteiger partial charge in [0.05, 0.1) is 6.21 Å². The van der Waals surface area contributed by atoms with E-state index in [4.69, 9.17) is 0 Å². The van der Waals surface area contributed by atoms with Crippen molar-refractivity contribution in [3.63, 3.8) is 0 Å². The second-order valence-corrected chi connectivity index (χ2v) is 4.64. The molecule has 2 N–H and O–H groups in total. The molecule has 108 valence electrons. The zero-order valence-corrected chi connectivity index (χ0v) is 11.6. The molecule has 0 aliphatic rings. The number of carbonyl (C=O) groups is 1. The Labute approximate surface area is 126 Å². The molecule has 0 unspecified atom stereocenters. The molecule has 0 atom stereocenters. The van der Waals surface area contributed by atoms with E-state index in [0.29, 0.717) is 16.6 Å². The summed E-state index contributed by atoms with van der Waals surface area (Å²) in [5, 5.41) is 14.9. The van der Waals surface area contributed by atoms with Gasteiger partial charge in [0.2, 0.25) is 0 Å². The molecule has 5 nitrogen and oxygen atoms in total. The molecule has 3 aromatic rings. The average Bonchev–Trinajstić information content (AvgIpc) is 2.58. The van der Waals surface area contributed by atoms with Gasteiger partial charge in [0.15, 0.2) is 5.75 Å². The van der Waals surface area contributed by atoms with E-state index in [2.05, 4.69) is 15.5 Å². The third kappa shape index (κ3) is 2.78. The van der Waals surface area contributed by atoms with E-state index in [1.807, 2.05) is 18.2 Å². The van der Waals surface area contributed by atoms with Crippen molar-refractivity contribution in [1.29, 1.82) is 0 Å². The molecule has 0 radical (unpaired) electrons. The van der Waals surface area contributed by atoms with Crippen LogP contribution in [0.1, 0.15) is 15.9 Å². The SMILES string of the molecule is O=C(NN=Cc1ccc2cccnc2c1O)c1ccccc1. The maximum absolute atomic E-state index is 11.8. The Morgan fingerprint density at radius 1 is 1.09 bits per heavy atom. The maximum Gasteiger partial charge on any atom is 0.271 e. The highest BCUT2D eigenvalue weighted by Gasteiger charge is 2.06. The van der Waals surface area contributed by atoms with Crippen LogP contribution < -0.4 is 5.43 Å². The van der Waals surface area contributed by atoms with Crippen molar-refractivity contribution in [2.24, 2.45) is 5.10 Å². The molecule has 0 fully saturated rings. The van der Waals surface area contributed by atoms with Crippen LogP contribution in [0.3, 0.4) is 0 Å². The standard InChI is InChI=1S/C17H13N3O2/c21-16-14(9-8-12-7-4-10-18-15(12)16)11-19-20-17(22)13-5-2-1-3-6-13/h1-11,21H,(H,20,22). The van der Waals surface area contributed by atoms with E-state index in [0.717, 1.165) is 5.39 Å². The number of phenols is 1. The van der Waals surface area contributed by atoms with Crippen molar-refractivity contribution in [2.75, 3.05) is 0 Å². The molecule has 2 aromatic carbocycles. The van der Waals surface area contributed by atoms with E-state index in [9.17, 15) is 9.90 Å². The summed E-state index contributed by atoms with van der Waals surface area (Å²) in [6, 6.07) is 16.0. The van der Waals surface area contributed by atoms with E-state index >= 15 is 0 Å². The minimum Gasteiger partial charge on any atom is -0.505 e. The lowest BCUT2D eigenvalue weighted by Crippen LogP contribution is -2.17. The summed E-state index contributed by atoms with van der Waals surface area (Å²) in [5.41, 5.74) is 3.93. The summed E-state index contributed by atoms with van der Waals surface area (Å²) in [7, 11) is 0. The van der Waals surface area contributed by atoms with E-state index < -0.39 is 0 Å². The van der Waals surface area contributed by atoms with Crippen LogP contribution in [0.5, 0.6) is 5.75 Å². The van der Waals surface area contributed by atoms with Crippen molar-refractivity contribution in [2.45, 2.75) is 0 Å². The molecule has 3 rings (SSSR count). The first kappa shape index (κ1) is 13.8. The monoisotopic (exact) mass is 291 g/mol. The molecule has 0 aliphatic heterocycles. The Hall–Kier alpha value is -3.21. The molecule has 0 bridgehead atoms. The highest BCUT2D eigenvalue weighted by molar-refractivity contribution is 5.97. The lowest BCUT2D eigenvalue weighted by molar-refractivity contribution is 0.0955. The first-order valence-corrected chi connectivity index (χ1v) is 6.71. The Bertz CT molecular complexity index is 845. The van der Waals surface area contributed by atoms with Crippen LogP contribution in [0.4, 0.5) is 0 Å². The minimum atomic E-state index is -0.310. The van der Waals surface area contributed by atoms with Gasteiger partial charge in [-0.15, -0.1) is 0 Å². The molecular formula is C17H13N3O2. The molecule has 0 spiro atoms. The van der Waals surface area contributed by atoms with Gasteiger partial charge in [0, 0.05) is 22.7 Å². The summed E-state index contributed by atoms with van der Waals surface area (Å²) in [6.07, 6.45) is 3.00. The number of fused-ring (bicyclic) bond motifs is 1. The summed E-state index contributed by atoms with van der Waals surface area (Å²) >= 11 is 0. The predicted molar refractivity (Wildman–Crippen MR) is 84.9 cm³/mol. The van der Waals surface area contributed by atoms with Crippen LogP contribution in [0.25, 0.3) is 10.9 Å². The fourth-order valence-electron chi connectivity index (χ4n) is 2.06. The lowest BCUT2D eigenvalue weighted by atomic mass is 10.1. The summed E-state index contributed by atoms with van der Waals surface area (Å²) in [4.78, 5) is 16.0. The van der Waals surface area contributed by atoms with Crippen molar-refractivity contribution in [1.82, 2.24) is 10.4 Å². The topological polar surface area (TPSA) is 74.6 Å². The number of nitrogens with one attached hydrogen (secondary N) is 1. The highest BCUT2D eigenvalue weighted by Crippen LogP contribution is 2.25. The number of benzene rings is 2. The van der Waals surface area contributed by atoms with Crippen molar-refractivity contribution in [3.05, 3.63) is 71.9 Å². The van der Waals surface area contributed by atoms with Gasteiger partial charge in [-0.2, -0.15) is 5.10 Å². The molecule has 1 aromatic heterocycles. The van der Waals surface area contributed by atoms with Gasteiger partial charge in [-0.05, 0) is 24.3 Å². The van der Waals surface area contributed by atoms with Gasteiger partial charge in [-0.3, -0.25) is 9.78 Å². The molecule has 5 heteroatoms. The van der Waals surface area contributed by atoms with Gasteiger partial charge in [-0.1, -0.05) is 30.3 Å². The zero-order chi connectivity index (χ0) is 15.4. The van der Waals surface area contributed by atoms with Crippen LogP contribution in [0, 0.1) is 0 Å². The fourth-order valence-corrected chi connectivity index (χ4v) is 2.06. The van der Waals surface area contributed by atoms with Gasteiger partial charge in [0.1, 0.15) is 5.52 Å². The number of aromatic nitrogens is 1. The average molecular weight is 291 g/mol. The molecule has 0 saturated carbocycles. The molecule has 1 amide bonds. The number of hydrazone groups is 1. The molecule has 1 heterocycles. The quantitative estimate of drug-likeness (QED) is 0.575. The smallest absolute Gasteiger partial charge is 0.271 e. The molecule has 0 saturated heterocycles. The maximum atomic E-state index is 11.8. The third-order valence-electron chi connectivity index (χ3n) is 3.18. The van der Waals surface area contributed by atoms with Gasteiger partial charge in [-0.25, -0.2) is 5.43 Å². The van der Waals surface area contributed by atoms with Crippen LogP contribution in [0.15, 0.2) is 65.9 Å². The van der Waals surface area contributed by atoms with Crippen LogP contribution >= 0.6 is 0 Å². The summed E-state index contributed by atoms with van der Waals surface area (Å²) in [5.74, 6) is -0.272. The highest BCUT2D eigenvalue weighted by atomic mass is 16.3. The second kappa shape index (κ2) is 6.05. The van der Waals surface area contributed by atoms with Gasteiger partial charge >= 0.3 is 0 Å². The number of hydrogen-bond acceptors (Lipinski definition) is 4. The molecule has 0 aliphatic carbocycles. The van der Waals surface area contributed by atoms with E-state index in [1.165, 1.54) is 6.21 Å². The number of hydrogen-bond donors (Lipinski definition) is 2. The van der Waals surface area contributed by atoms with E-state index in [1.54, 1.807) is 42.6 Å². The van der Waals surface area contributed by atoms with Gasteiger partial charge in [0.25, 0.3) is 5.91 Å². The van der Waals surface area contributed by atoms with Crippen LogP contribution in [-0.4, -0.2) is 22.2 Å². The fraction of sp³-hybridized carbons (Fsp3) is 0. The largest absolute Gasteiger partial charge is 0.505 e. The first-order chi connectivity index (χ1) is 10.8. The number of pyridine rings is 1. The molecular weight excluding hydrogens is 278 g/mol. The second-order valence-electron chi connectivity index (χ2n) is 4.64. The summed E-state index contributed by atoms with van der Waals surface area (Å²) < 4.78 is 0. The Kier molecular flexibility index (Phi) is 3.78. The Morgan fingerprint density at radius 2 is 1.91 bits per heavy atom. The predicted octanol–water partition coefficient (Wildman–Crippen LogP) is 2.70. The molecule has 22 heavy (non-hydrogen) atoms. The number of carbonyl (C=O) groups excluding carboxylic acids is 1. The number of amides is 1.